The molecule has 5 nitrogen and oxygen atoms in total. The molecule has 6 heteroatoms. The van der Waals surface area contributed by atoms with E-state index in [1.165, 1.54) is 19.4 Å². The highest BCUT2D eigenvalue weighted by Gasteiger charge is 2.08. The van der Waals surface area contributed by atoms with E-state index in [2.05, 4.69) is 5.16 Å². The fraction of sp³-hybridized carbons (Fsp3) is 0.0588. The molecule has 0 fully saturated rings. The molecule has 23 heavy (non-hydrogen) atoms. The van der Waals surface area contributed by atoms with Crippen LogP contribution in [0.3, 0.4) is 0 Å². The van der Waals surface area contributed by atoms with Gasteiger partial charge < -0.3 is 14.7 Å². The lowest BCUT2D eigenvalue weighted by Crippen LogP contribution is -2.05. The number of hydrogen-bond donors (Lipinski definition) is 1. The highest BCUT2D eigenvalue weighted by atomic mass is 35.5. The molecule has 0 saturated carbocycles. The molecule has 0 unspecified atom stereocenters. The van der Waals surface area contributed by atoms with E-state index in [4.69, 9.17) is 26.3 Å². The first-order chi connectivity index (χ1) is 11.1. The van der Waals surface area contributed by atoms with E-state index in [-0.39, 0.29) is 5.75 Å². The predicted molar refractivity (Wildman–Crippen MR) is 88.5 cm³/mol. The molecular weight excluding hydrogens is 318 g/mol. The van der Waals surface area contributed by atoms with Gasteiger partial charge in [-0.05, 0) is 42.0 Å². The molecule has 1 N–H and O–H groups in total. The minimum atomic E-state index is -0.549. The van der Waals surface area contributed by atoms with Crippen LogP contribution in [0.25, 0.3) is 6.08 Å². The van der Waals surface area contributed by atoms with Crippen molar-refractivity contribution in [3.05, 3.63) is 64.7 Å². The van der Waals surface area contributed by atoms with E-state index in [0.29, 0.717) is 16.3 Å². The summed E-state index contributed by atoms with van der Waals surface area (Å²) < 4.78 is 10.4. The second-order valence-electron chi connectivity index (χ2n) is 4.46. The van der Waals surface area contributed by atoms with Gasteiger partial charge in [0.25, 0.3) is 0 Å². The molecule has 0 aromatic heterocycles. The van der Waals surface area contributed by atoms with Gasteiger partial charge in [-0.1, -0.05) is 28.9 Å². The number of carbonyl (C=O) groups is 1. The van der Waals surface area contributed by atoms with Crippen LogP contribution in [0.1, 0.15) is 11.1 Å². The summed E-state index contributed by atoms with van der Waals surface area (Å²) in [5, 5.41) is 12.0. The third kappa shape index (κ3) is 4.86. The molecule has 2 rings (SSSR count). The van der Waals surface area contributed by atoms with Gasteiger partial charge in [-0.2, -0.15) is 0 Å². The van der Waals surface area contributed by atoms with E-state index >= 15 is 0 Å². The Labute approximate surface area is 138 Å². The van der Waals surface area contributed by atoms with Crippen molar-refractivity contribution in [1.82, 2.24) is 0 Å². The summed E-state index contributed by atoms with van der Waals surface area (Å²) in [6, 6.07) is 11.9. The average molecular weight is 332 g/mol. The zero-order valence-corrected chi connectivity index (χ0v) is 13.0. The van der Waals surface area contributed by atoms with Gasteiger partial charge in [0, 0.05) is 16.7 Å². The first-order valence-corrected chi connectivity index (χ1v) is 7.01. The Bertz CT molecular complexity index is 756. The summed E-state index contributed by atoms with van der Waals surface area (Å²) in [7, 11) is 1.45. The van der Waals surface area contributed by atoms with Crippen molar-refractivity contribution in [3.8, 4) is 11.5 Å². The highest BCUT2D eigenvalue weighted by Crippen LogP contribution is 2.27. The van der Waals surface area contributed by atoms with Crippen molar-refractivity contribution in [3.63, 3.8) is 0 Å². The molecule has 0 aliphatic rings. The summed E-state index contributed by atoms with van der Waals surface area (Å²) in [5.74, 6) is 0.0714. The number of nitrogens with zero attached hydrogens (tertiary/aromatic N) is 1. The summed E-state index contributed by atoms with van der Waals surface area (Å²) >= 11 is 5.87. The summed E-state index contributed by atoms with van der Waals surface area (Å²) in [5.41, 5.74) is 1.40. The average Bonchev–Trinajstić information content (AvgIpc) is 2.54. The molecule has 0 radical (unpaired) electrons. The Kier molecular flexibility index (Phi) is 5.77. The normalized spacial score (nSPS) is 11.0. The van der Waals surface area contributed by atoms with Crippen LogP contribution in [-0.2, 0) is 4.79 Å². The minimum absolute atomic E-state index is 0.267. The lowest BCUT2D eigenvalue weighted by atomic mass is 10.2. The predicted octanol–water partition coefficient (Wildman–Crippen LogP) is 3.78. The van der Waals surface area contributed by atoms with Gasteiger partial charge in [-0.3, -0.25) is 0 Å². The molecule has 2 aromatic rings. The lowest BCUT2D eigenvalue weighted by molar-refractivity contribution is -0.129. The van der Waals surface area contributed by atoms with Gasteiger partial charge in [0.15, 0.2) is 11.5 Å². The van der Waals surface area contributed by atoms with Crippen LogP contribution < -0.4 is 9.47 Å². The molecule has 0 aliphatic carbocycles. The lowest BCUT2D eigenvalue weighted by Gasteiger charge is -2.08. The highest BCUT2D eigenvalue weighted by molar-refractivity contribution is 6.30. The molecule has 0 atom stereocenters. The van der Waals surface area contributed by atoms with Crippen LogP contribution in [0, 0.1) is 0 Å². The molecule has 0 heterocycles. The number of methoxy groups -OCH3 is 1. The summed E-state index contributed by atoms with van der Waals surface area (Å²) in [6.45, 7) is 0. The van der Waals surface area contributed by atoms with Gasteiger partial charge in [0.05, 0.1) is 13.3 Å². The van der Waals surface area contributed by atoms with Crippen molar-refractivity contribution >= 4 is 29.9 Å². The number of esters is 1. The van der Waals surface area contributed by atoms with Gasteiger partial charge in [0.1, 0.15) is 0 Å². The minimum Gasteiger partial charge on any atom is -0.493 e. The van der Waals surface area contributed by atoms with Crippen molar-refractivity contribution in [2.24, 2.45) is 5.16 Å². The zero-order chi connectivity index (χ0) is 16.7. The maximum Gasteiger partial charge on any atom is 0.336 e. The van der Waals surface area contributed by atoms with Gasteiger partial charge >= 0.3 is 5.97 Å². The number of carbonyl (C=O) groups excluding carboxylic acids is 1. The van der Waals surface area contributed by atoms with E-state index in [1.54, 1.807) is 42.5 Å². The summed E-state index contributed by atoms with van der Waals surface area (Å²) in [6.07, 6.45) is 4.15. The molecule has 0 bridgehead atoms. The number of rotatable bonds is 5. The van der Waals surface area contributed by atoms with E-state index < -0.39 is 5.97 Å². The maximum atomic E-state index is 11.9. The number of oxime groups is 1. The third-order valence-corrected chi connectivity index (χ3v) is 3.10. The Morgan fingerprint density at radius 3 is 2.70 bits per heavy atom. The van der Waals surface area contributed by atoms with E-state index in [9.17, 15) is 4.79 Å². The van der Waals surface area contributed by atoms with Crippen LogP contribution in [-0.4, -0.2) is 24.5 Å². The van der Waals surface area contributed by atoms with Crippen molar-refractivity contribution in [2.75, 3.05) is 7.11 Å². The standard InChI is InChI=1S/C17H14ClNO4/c1-22-16-10-13(11-19-21)5-7-15(16)23-17(20)8-6-12-3-2-4-14(18)9-12/h2-11,21H,1H3/b8-6+,19-11+. The monoisotopic (exact) mass is 331 g/mol. The first-order valence-electron chi connectivity index (χ1n) is 6.63. The number of ether oxygens (including phenoxy) is 2. The maximum absolute atomic E-state index is 11.9. The van der Waals surface area contributed by atoms with Crippen LogP contribution in [0.2, 0.25) is 5.02 Å². The number of hydrogen-bond acceptors (Lipinski definition) is 5. The Morgan fingerprint density at radius 2 is 2.00 bits per heavy atom. The molecular formula is C17H14ClNO4. The second-order valence-corrected chi connectivity index (χ2v) is 4.90. The van der Waals surface area contributed by atoms with Crippen molar-refractivity contribution in [2.45, 2.75) is 0 Å². The van der Waals surface area contributed by atoms with Gasteiger partial charge in [0.2, 0.25) is 0 Å². The third-order valence-electron chi connectivity index (χ3n) is 2.87. The second kappa shape index (κ2) is 8.00. The number of halogens is 1. The van der Waals surface area contributed by atoms with Crippen LogP contribution in [0.5, 0.6) is 11.5 Å². The van der Waals surface area contributed by atoms with Crippen molar-refractivity contribution in [1.29, 1.82) is 0 Å². The Hall–Kier alpha value is -2.79. The molecule has 2 aromatic carbocycles. The quantitative estimate of drug-likeness (QED) is 0.226. The van der Waals surface area contributed by atoms with Crippen LogP contribution in [0.15, 0.2) is 53.7 Å². The molecule has 0 aliphatic heterocycles. The van der Waals surface area contributed by atoms with E-state index in [1.807, 2.05) is 6.07 Å². The smallest absolute Gasteiger partial charge is 0.336 e. The zero-order valence-electron chi connectivity index (χ0n) is 12.3. The molecule has 0 spiro atoms. The number of benzene rings is 2. The van der Waals surface area contributed by atoms with Gasteiger partial charge in [-0.15, -0.1) is 0 Å². The van der Waals surface area contributed by atoms with Crippen LogP contribution in [0.4, 0.5) is 0 Å². The summed E-state index contributed by atoms with van der Waals surface area (Å²) in [4.78, 5) is 11.9. The largest absolute Gasteiger partial charge is 0.493 e. The molecule has 0 saturated heterocycles. The fourth-order valence-electron chi connectivity index (χ4n) is 1.83. The van der Waals surface area contributed by atoms with E-state index in [0.717, 1.165) is 5.56 Å². The fourth-order valence-corrected chi connectivity index (χ4v) is 2.03. The topological polar surface area (TPSA) is 68.1 Å². The Balaban J connectivity index is 2.10. The van der Waals surface area contributed by atoms with Gasteiger partial charge in [-0.25, -0.2) is 4.79 Å². The van der Waals surface area contributed by atoms with Crippen molar-refractivity contribution < 1.29 is 19.5 Å². The van der Waals surface area contributed by atoms with Crippen LogP contribution >= 0.6 is 11.6 Å². The Morgan fingerprint density at radius 1 is 1.17 bits per heavy atom. The SMILES string of the molecule is COc1cc(/C=N/O)ccc1OC(=O)/C=C/c1cccc(Cl)c1. The first kappa shape index (κ1) is 16.6. The molecule has 0 amide bonds. The molecule has 118 valence electrons.